The SMILES string of the molecule is CC(O)CNC(C(C)C)C1CC1. The molecule has 2 N–H and O–H groups in total. The lowest BCUT2D eigenvalue weighted by atomic mass is 9.99. The van der Waals surface area contributed by atoms with Gasteiger partial charge in [-0.1, -0.05) is 13.8 Å². The highest BCUT2D eigenvalue weighted by Gasteiger charge is 2.32. The number of aliphatic hydroxyl groups is 1. The van der Waals surface area contributed by atoms with Crippen molar-refractivity contribution in [3.8, 4) is 0 Å². The minimum atomic E-state index is -0.218. The molecule has 0 spiro atoms. The van der Waals surface area contributed by atoms with E-state index in [2.05, 4.69) is 19.2 Å². The largest absolute Gasteiger partial charge is 0.392 e. The molecule has 0 amide bonds. The van der Waals surface area contributed by atoms with E-state index in [1.165, 1.54) is 12.8 Å². The number of nitrogens with one attached hydrogen (secondary N) is 1. The molecule has 0 aromatic carbocycles. The number of hydrogen-bond acceptors (Lipinski definition) is 2. The first-order chi connectivity index (χ1) is 5.61. The van der Waals surface area contributed by atoms with Crippen molar-refractivity contribution in [2.24, 2.45) is 11.8 Å². The predicted octanol–water partition coefficient (Wildman–Crippen LogP) is 1.39. The van der Waals surface area contributed by atoms with Crippen LogP contribution in [0.4, 0.5) is 0 Å². The van der Waals surface area contributed by atoms with Crippen LogP contribution in [0.5, 0.6) is 0 Å². The summed E-state index contributed by atoms with van der Waals surface area (Å²) in [5.74, 6) is 1.57. The second-order valence-electron chi connectivity index (χ2n) is 4.36. The summed E-state index contributed by atoms with van der Waals surface area (Å²) >= 11 is 0. The van der Waals surface area contributed by atoms with Gasteiger partial charge in [-0.2, -0.15) is 0 Å². The quantitative estimate of drug-likeness (QED) is 0.655. The van der Waals surface area contributed by atoms with E-state index in [9.17, 15) is 0 Å². The van der Waals surface area contributed by atoms with Crippen molar-refractivity contribution in [2.45, 2.75) is 45.8 Å². The van der Waals surface area contributed by atoms with E-state index in [1.807, 2.05) is 6.92 Å². The Hall–Kier alpha value is -0.0800. The van der Waals surface area contributed by atoms with Gasteiger partial charge in [0.05, 0.1) is 6.10 Å². The van der Waals surface area contributed by atoms with Gasteiger partial charge in [0.1, 0.15) is 0 Å². The summed E-state index contributed by atoms with van der Waals surface area (Å²) in [4.78, 5) is 0. The van der Waals surface area contributed by atoms with Gasteiger partial charge in [0.25, 0.3) is 0 Å². The molecule has 2 atom stereocenters. The lowest BCUT2D eigenvalue weighted by Crippen LogP contribution is -2.39. The Kier molecular flexibility index (Phi) is 3.53. The molecule has 2 nitrogen and oxygen atoms in total. The van der Waals surface area contributed by atoms with Crippen molar-refractivity contribution in [1.29, 1.82) is 0 Å². The van der Waals surface area contributed by atoms with E-state index in [-0.39, 0.29) is 6.10 Å². The first-order valence-corrected chi connectivity index (χ1v) is 5.02. The lowest BCUT2D eigenvalue weighted by molar-refractivity contribution is 0.178. The van der Waals surface area contributed by atoms with Gasteiger partial charge in [-0.05, 0) is 31.6 Å². The van der Waals surface area contributed by atoms with Crippen LogP contribution in [0, 0.1) is 11.8 Å². The van der Waals surface area contributed by atoms with Crippen LogP contribution in [0.3, 0.4) is 0 Å². The van der Waals surface area contributed by atoms with Gasteiger partial charge in [0, 0.05) is 12.6 Å². The minimum absolute atomic E-state index is 0.218. The Balaban J connectivity index is 2.23. The van der Waals surface area contributed by atoms with E-state index in [0.717, 1.165) is 12.5 Å². The van der Waals surface area contributed by atoms with Crippen LogP contribution < -0.4 is 5.32 Å². The van der Waals surface area contributed by atoms with Crippen LogP contribution in [-0.4, -0.2) is 23.8 Å². The number of rotatable bonds is 5. The Bertz CT molecular complexity index is 128. The molecule has 2 heteroatoms. The average molecular weight is 171 g/mol. The van der Waals surface area contributed by atoms with Gasteiger partial charge in [0.2, 0.25) is 0 Å². The van der Waals surface area contributed by atoms with Gasteiger partial charge in [-0.25, -0.2) is 0 Å². The number of aliphatic hydroxyl groups excluding tert-OH is 1. The molecule has 12 heavy (non-hydrogen) atoms. The maximum absolute atomic E-state index is 9.12. The summed E-state index contributed by atoms with van der Waals surface area (Å²) in [6.45, 7) is 7.06. The van der Waals surface area contributed by atoms with E-state index in [1.54, 1.807) is 0 Å². The molecule has 1 saturated carbocycles. The molecule has 0 saturated heterocycles. The average Bonchev–Trinajstić information content (AvgIpc) is 2.69. The van der Waals surface area contributed by atoms with Gasteiger partial charge in [-0.15, -0.1) is 0 Å². The van der Waals surface area contributed by atoms with Crippen LogP contribution in [0.2, 0.25) is 0 Å². The van der Waals surface area contributed by atoms with Crippen LogP contribution in [-0.2, 0) is 0 Å². The fraction of sp³-hybridized carbons (Fsp3) is 1.00. The fourth-order valence-corrected chi connectivity index (χ4v) is 1.71. The zero-order valence-electron chi connectivity index (χ0n) is 8.38. The smallest absolute Gasteiger partial charge is 0.0636 e. The topological polar surface area (TPSA) is 32.3 Å². The van der Waals surface area contributed by atoms with E-state index >= 15 is 0 Å². The Morgan fingerprint density at radius 1 is 1.33 bits per heavy atom. The summed E-state index contributed by atoms with van der Waals surface area (Å²) in [6, 6.07) is 0.625. The molecule has 0 heterocycles. The molecular formula is C10H21NO. The third kappa shape index (κ3) is 3.11. The molecule has 0 aromatic rings. The van der Waals surface area contributed by atoms with Crippen molar-refractivity contribution in [3.63, 3.8) is 0 Å². The fourth-order valence-electron chi connectivity index (χ4n) is 1.71. The van der Waals surface area contributed by atoms with Crippen molar-refractivity contribution in [1.82, 2.24) is 5.32 Å². The highest BCUT2D eigenvalue weighted by Crippen LogP contribution is 2.35. The van der Waals surface area contributed by atoms with Gasteiger partial charge in [-0.3, -0.25) is 0 Å². The second kappa shape index (κ2) is 4.24. The standard InChI is InChI=1S/C10H21NO/c1-7(2)10(9-4-5-9)11-6-8(3)12/h7-12H,4-6H2,1-3H3. The molecule has 1 fully saturated rings. The Morgan fingerprint density at radius 2 is 1.92 bits per heavy atom. The van der Waals surface area contributed by atoms with Crippen LogP contribution >= 0.6 is 0 Å². The maximum atomic E-state index is 9.12. The highest BCUT2D eigenvalue weighted by atomic mass is 16.3. The summed E-state index contributed by atoms with van der Waals surface area (Å²) in [5, 5.41) is 12.6. The molecule has 0 bridgehead atoms. The molecule has 72 valence electrons. The summed E-state index contributed by atoms with van der Waals surface area (Å²) in [5.41, 5.74) is 0. The minimum Gasteiger partial charge on any atom is -0.392 e. The normalized spacial score (nSPS) is 22.8. The van der Waals surface area contributed by atoms with Crippen LogP contribution in [0.1, 0.15) is 33.6 Å². The summed E-state index contributed by atoms with van der Waals surface area (Å²) < 4.78 is 0. The summed E-state index contributed by atoms with van der Waals surface area (Å²) in [6.07, 6.45) is 2.52. The first kappa shape index (κ1) is 10.0. The third-order valence-electron chi connectivity index (χ3n) is 2.50. The van der Waals surface area contributed by atoms with Gasteiger partial charge in [0.15, 0.2) is 0 Å². The Labute approximate surface area is 75.4 Å². The molecule has 0 radical (unpaired) electrons. The molecule has 1 aliphatic carbocycles. The van der Waals surface area contributed by atoms with Gasteiger partial charge < -0.3 is 10.4 Å². The summed E-state index contributed by atoms with van der Waals surface area (Å²) in [7, 11) is 0. The van der Waals surface area contributed by atoms with Crippen LogP contribution in [0.25, 0.3) is 0 Å². The van der Waals surface area contributed by atoms with E-state index < -0.39 is 0 Å². The molecule has 1 aliphatic rings. The van der Waals surface area contributed by atoms with Crippen molar-refractivity contribution in [2.75, 3.05) is 6.54 Å². The third-order valence-corrected chi connectivity index (χ3v) is 2.50. The first-order valence-electron chi connectivity index (χ1n) is 5.02. The lowest BCUT2D eigenvalue weighted by Gasteiger charge is -2.22. The molecule has 0 aromatic heterocycles. The molecule has 1 rings (SSSR count). The molecule has 0 aliphatic heterocycles. The van der Waals surface area contributed by atoms with E-state index in [4.69, 9.17) is 5.11 Å². The van der Waals surface area contributed by atoms with Crippen molar-refractivity contribution < 1.29 is 5.11 Å². The zero-order valence-corrected chi connectivity index (χ0v) is 8.38. The van der Waals surface area contributed by atoms with Crippen LogP contribution in [0.15, 0.2) is 0 Å². The van der Waals surface area contributed by atoms with Crippen molar-refractivity contribution >= 4 is 0 Å². The van der Waals surface area contributed by atoms with Crippen molar-refractivity contribution in [3.05, 3.63) is 0 Å². The molecular weight excluding hydrogens is 150 g/mol. The Morgan fingerprint density at radius 3 is 2.25 bits per heavy atom. The second-order valence-corrected chi connectivity index (χ2v) is 4.36. The van der Waals surface area contributed by atoms with E-state index in [0.29, 0.717) is 12.0 Å². The highest BCUT2D eigenvalue weighted by molar-refractivity contribution is 4.88. The maximum Gasteiger partial charge on any atom is 0.0636 e. The predicted molar refractivity (Wildman–Crippen MR) is 51.0 cm³/mol. The van der Waals surface area contributed by atoms with Gasteiger partial charge >= 0.3 is 0 Å². The molecule has 2 unspecified atom stereocenters. The number of hydrogen-bond donors (Lipinski definition) is 2. The monoisotopic (exact) mass is 171 g/mol. The zero-order chi connectivity index (χ0) is 9.14.